The molecule has 2 heterocycles. The number of imide groups is 1. The Kier molecular flexibility index (Phi) is 1.74. The number of carbonyl (C=O) groups is 2. The second kappa shape index (κ2) is 2.92. The van der Waals surface area contributed by atoms with Crippen molar-refractivity contribution >= 4 is 11.8 Å². The van der Waals surface area contributed by atoms with Crippen molar-refractivity contribution in [2.75, 3.05) is 13.2 Å². The molecule has 4 heteroatoms. The molecule has 0 saturated carbocycles. The summed E-state index contributed by atoms with van der Waals surface area (Å²) < 4.78 is 5.21. The predicted octanol–water partition coefficient (Wildman–Crippen LogP) is 1.07. The normalized spacial score (nSPS) is 27.2. The van der Waals surface area contributed by atoms with Crippen LogP contribution in [0, 0.1) is 0 Å². The first kappa shape index (κ1) is 9.54. The van der Waals surface area contributed by atoms with E-state index in [0.29, 0.717) is 24.3 Å². The highest BCUT2D eigenvalue weighted by Crippen LogP contribution is 2.31. The van der Waals surface area contributed by atoms with Gasteiger partial charge in [0.1, 0.15) is 5.60 Å². The van der Waals surface area contributed by atoms with Crippen LogP contribution in [0.1, 0.15) is 27.6 Å². The molecule has 0 aliphatic carbocycles. The summed E-state index contributed by atoms with van der Waals surface area (Å²) in [5, 5.41) is 0. The minimum Gasteiger partial charge on any atom is -0.368 e. The summed E-state index contributed by atoms with van der Waals surface area (Å²) in [6.45, 7) is 2.86. The summed E-state index contributed by atoms with van der Waals surface area (Å²) in [5.41, 5.74) is 0.668. The van der Waals surface area contributed by atoms with Gasteiger partial charge in [0.05, 0.1) is 24.3 Å². The van der Waals surface area contributed by atoms with Gasteiger partial charge in [-0.1, -0.05) is 12.1 Å². The smallest absolute Gasteiger partial charge is 0.261 e. The molecule has 0 spiro atoms. The zero-order valence-electron chi connectivity index (χ0n) is 8.90. The lowest BCUT2D eigenvalue weighted by Gasteiger charge is -2.15. The Morgan fingerprint density at radius 2 is 1.75 bits per heavy atom. The Morgan fingerprint density at radius 3 is 2.19 bits per heavy atom. The predicted molar refractivity (Wildman–Crippen MR) is 56.2 cm³/mol. The summed E-state index contributed by atoms with van der Waals surface area (Å²) in [7, 11) is 0. The second-order valence-electron chi connectivity index (χ2n) is 4.48. The molecule has 2 aliphatic rings. The zero-order chi connectivity index (χ0) is 11.3. The monoisotopic (exact) mass is 217 g/mol. The van der Waals surface area contributed by atoms with Crippen LogP contribution in [-0.2, 0) is 4.74 Å². The highest BCUT2D eigenvalue weighted by atomic mass is 16.6. The van der Waals surface area contributed by atoms with Crippen molar-refractivity contribution in [2.24, 2.45) is 0 Å². The first-order chi connectivity index (χ1) is 7.61. The summed E-state index contributed by atoms with van der Waals surface area (Å²) >= 11 is 0. The van der Waals surface area contributed by atoms with Gasteiger partial charge in [-0.15, -0.1) is 0 Å². The fourth-order valence-electron chi connectivity index (χ4n) is 1.93. The molecule has 2 aliphatic heterocycles. The molecule has 1 saturated heterocycles. The van der Waals surface area contributed by atoms with Crippen LogP contribution in [0.15, 0.2) is 24.3 Å². The number of hydrogen-bond donors (Lipinski definition) is 0. The highest BCUT2D eigenvalue weighted by Gasteiger charge is 2.46. The Morgan fingerprint density at radius 1 is 1.25 bits per heavy atom. The van der Waals surface area contributed by atoms with Gasteiger partial charge in [0.2, 0.25) is 0 Å². The number of epoxide rings is 1. The third-order valence-corrected chi connectivity index (χ3v) is 3.01. The molecule has 0 bridgehead atoms. The van der Waals surface area contributed by atoms with Crippen LogP contribution in [-0.4, -0.2) is 35.5 Å². The average molecular weight is 217 g/mol. The topological polar surface area (TPSA) is 49.9 Å². The summed E-state index contributed by atoms with van der Waals surface area (Å²) in [4.78, 5) is 25.2. The Labute approximate surface area is 92.8 Å². The van der Waals surface area contributed by atoms with Crippen molar-refractivity contribution in [2.45, 2.75) is 12.5 Å². The fraction of sp³-hybridized carbons (Fsp3) is 0.333. The number of ether oxygens (including phenoxy) is 1. The number of nitrogens with zero attached hydrogens (tertiary/aromatic N) is 1. The quantitative estimate of drug-likeness (QED) is 0.550. The Balaban J connectivity index is 1.95. The van der Waals surface area contributed by atoms with E-state index in [1.165, 1.54) is 4.90 Å². The van der Waals surface area contributed by atoms with E-state index in [-0.39, 0.29) is 17.4 Å². The maximum absolute atomic E-state index is 12.0. The number of hydrogen-bond acceptors (Lipinski definition) is 3. The maximum Gasteiger partial charge on any atom is 0.261 e. The molecule has 1 atom stereocenters. The maximum atomic E-state index is 12.0. The SMILES string of the molecule is CC1(CN2C(=O)c3ccccc3C2=O)CO1. The number of carbonyl (C=O) groups excluding carboxylic acids is 2. The van der Waals surface area contributed by atoms with Gasteiger partial charge in [-0.2, -0.15) is 0 Å². The molecule has 4 nitrogen and oxygen atoms in total. The van der Waals surface area contributed by atoms with Gasteiger partial charge in [0, 0.05) is 0 Å². The van der Waals surface area contributed by atoms with Crippen molar-refractivity contribution in [3.8, 4) is 0 Å². The summed E-state index contributed by atoms with van der Waals surface area (Å²) in [6.07, 6.45) is 0. The first-order valence-corrected chi connectivity index (χ1v) is 5.20. The second-order valence-corrected chi connectivity index (χ2v) is 4.48. The van der Waals surface area contributed by atoms with Gasteiger partial charge in [-0.05, 0) is 19.1 Å². The zero-order valence-corrected chi connectivity index (χ0v) is 8.90. The van der Waals surface area contributed by atoms with E-state index in [0.717, 1.165) is 0 Å². The summed E-state index contributed by atoms with van der Waals surface area (Å²) in [6, 6.07) is 6.91. The minimum atomic E-state index is -0.326. The lowest BCUT2D eigenvalue weighted by molar-refractivity contribution is 0.0616. The number of amides is 2. The number of rotatable bonds is 2. The van der Waals surface area contributed by atoms with Crippen molar-refractivity contribution in [3.63, 3.8) is 0 Å². The molecular weight excluding hydrogens is 206 g/mol. The molecule has 3 rings (SSSR count). The molecule has 1 aromatic rings. The highest BCUT2D eigenvalue weighted by molar-refractivity contribution is 6.21. The van der Waals surface area contributed by atoms with Crippen LogP contribution >= 0.6 is 0 Å². The van der Waals surface area contributed by atoms with Crippen LogP contribution < -0.4 is 0 Å². The number of benzene rings is 1. The molecular formula is C12H11NO3. The third kappa shape index (κ3) is 1.27. The van der Waals surface area contributed by atoms with Gasteiger partial charge in [-0.25, -0.2) is 0 Å². The van der Waals surface area contributed by atoms with Gasteiger partial charge in [-0.3, -0.25) is 14.5 Å². The first-order valence-electron chi connectivity index (χ1n) is 5.20. The van der Waals surface area contributed by atoms with Crippen LogP contribution in [0.25, 0.3) is 0 Å². The molecule has 0 aromatic heterocycles. The molecule has 16 heavy (non-hydrogen) atoms. The average Bonchev–Trinajstić information content (AvgIpc) is 2.97. The lowest BCUT2D eigenvalue weighted by Crippen LogP contribution is -2.37. The third-order valence-electron chi connectivity index (χ3n) is 3.01. The molecule has 1 unspecified atom stereocenters. The van der Waals surface area contributed by atoms with Crippen molar-refractivity contribution < 1.29 is 14.3 Å². The van der Waals surface area contributed by atoms with E-state index in [2.05, 4.69) is 0 Å². The Bertz CT molecular complexity index is 456. The molecule has 82 valence electrons. The van der Waals surface area contributed by atoms with Gasteiger partial charge in [0.15, 0.2) is 0 Å². The van der Waals surface area contributed by atoms with Gasteiger partial charge in [0.25, 0.3) is 11.8 Å². The van der Waals surface area contributed by atoms with E-state index in [1.807, 2.05) is 6.92 Å². The number of fused-ring (bicyclic) bond motifs is 1. The van der Waals surface area contributed by atoms with Gasteiger partial charge < -0.3 is 4.74 Å². The standard InChI is InChI=1S/C12H11NO3/c1-12(7-16-12)6-13-10(14)8-4-2-3-5-9(8)11(13)15/h2-5H,6-7H2,1H3. The van der Waals surface area contributed by atoms with Crippen molar-refractivity contribution in [1.29, 1.82) is 0 Å². The Hall–Kier alpha value is -1.68. The minimum absolute atomic E-state index is 0.211. The fourth-order valence-corrected chi connectivity index (χ4v) is 1.93. The van der Waals surface area contributed by atoms with Crippen LogP contribution in [0.4, 0.5) is 0 Å². The summed E-state index contributed by atoms with van der Waals surface area (Å²) in [5.74, 6) is -0.422. The largest absolute Gasteiger partial charge is 0.368 e. The van der Waals surface area contributed by atoms with E-state index in [1.54, 1.807) is 24.3 Å². The van der Waals surface area contributed by atoms with Crippen molar-refractivity contribution in [3.05, 3.63) is 35.4 Å². The molecule has 1 aromatic carbocycles. The molecule has 1 fully saturated rings. The van der Waals surface area contributed by atoms with E-state index >= 15 is 0 Å². The molecule has 2 amide bonds. The molecule has 0 N–H and O–H groups in total. The van der Waals surface area contributed by atoms with E-state index < -0.39 is 0 Å². The molecule has 0 radical (unpaired) electrons. The van der Waals surface area contributed by atoms with E-state index in [4.69, 9.17) is 4.74 Å². The van der Waals surface area contributed by atoms with Crippen LogP contribution in [0.5, 0.6) is 0 Å². The van der Waals surface area contributed by atoms with Crippen molar-refractivity contribution in [1.82, 2.24) is 4.90 Å². The van der Waals surface area contributed by atoms with Crippen LogP contribution in [0.3, 0.4) is 0 Å². The van der Waals surface area contributed by atoms with Gasteiger partial charge >= 0.3 is 0 Å². The van der Waals surface area contributed by atoms with Crippen LogP contribution in [0.2, 0.25) is 0 Å². The lowest BCUT2D eigenvalue weighted by atomic mass is 10.1. The van der Waals surface area contributed by atoms with E-state index in [9.17, 15) is 9.59 Å².